The molecule has 4 rings (SSSR count). The molecule has 0 saturated heterocycles. The zero-order chi connectivity index (χ0) is 19.5. The van der Waals surface area contributed by atoms with E-state index in [1.54, 1.807) is 17.3 Å². The maximum atomic E-state index is 13.3. The summed E-state index contributed by atoms with van der Waals surface area (Å²) in [6.45, 7) is 2.63. The second-order valence-corrected chi connectivity index (χ2v) is 6.90. The molecule has 0 atom stereocenters. The van der Waals surface area contributed by atoms with Crippen LogP contribution in [0.1, 0.15) is 21.5 Å². The molecule has 138 valence electrons. The molecule has 1 amide bonds. The summed E-state index contributed by atoms with van der Waals surface area (Å²) >= 11 is 0. The molecule has 0 saturated carbocycles. The highest BCUT2D eigenvalue weighted by Crippen LogP contribution is 2.25. The minimum Gasteiger partial charge on any atom is -0.337 e. The molecule has 0 fully saturated rings. The van der Waals surface area contributed by atoms with Crippen LogP contribution in [0.25, 0.3) is 22.2 Å². The van der Waals surface area contributed by atoms with E-state index in [9.17, 15) is 4.79 Å². The monoisotopic (exact) mass is 367 g/mol. The highest BCUT2D eigenvalue weighted by Gasteiger charge is 2.18. The number of rotatable bonds is 4. The maximum Gasteiger partial charge on any atom is 0.254 e. The molecule has 2 heterocycles. The van der Waals surface area contributed by atoms with Crippen LogP contribution >= 0.6 is 0 Å². The van der Waals surface area contributed by atoms with Gasteiger partial charge in [-0.2, -0.15) is 0 Å². The normalized spacial score (nSPS) is 10.8. The van der Waals surface area contributed by atoms with Gasteiger partial charge >= 0.3 is 0 Å². The maximum absolute atomic E-state index is 13.3. The van der Waals surface area contributed by atoms with Crippen LogP contribution in [-0.2, 0) is 6.54 Å². The Morgan fingerprint density at radius 3 is 2.57 bits per heavy atom. The zero-order valence-corrected chi connectivity index (χ0v) is 16.0. The standard InChI is InChI=1S/C24H21N3O/c1-17-8-3-4-9-19(17)16-27(2)24(28)21-14-23(18-10-7-13-25-15-18)26-22-12-6-5-11-20(21)22/h3-15H,16H2,1-2H3. The van der Waals surface area contributed by atoms with Gasteiger partial charge in [0.1, 0.15) is 0 Å². The van der Waals surface area contributed by atoms with Crippen LogP contribution in [0.5, 0.6) is 0 Å². The van der Waals surface area contributed by atoms with Crippen LogP contribution in [0.4, 0.5) is 0 Å². The predicted octanol–water partition coefficient (Wildman–Crippen LogP) is 4.88. The quantitative estimate of drug-likeness (QED) is 0.516. The molecular weight excluding hydrogens is 346 g/mol. The van der Waals surface area contributed by atoms with Gasteiger partial charge in [-0.25, -0.2) is 4.98 Å². The highest BCUT2D eigenvalue weighted by molar-refractivity contribution is 6.07. The third-order valence-corrected chi connectivity index (χ3v) is 4.92. The fraction of sp³-hybridized carbons (Fsp3) is 0.125. The van der Waals surface area contributed by atoms with E-state index in [0.29, 0.717) is 12.1 Å². The fourth-order valence-corrected chi connectivity index (χ4v) is 3.33. The molecule has 2 aromatic heterocycles. The molecule has 0 N–H and O–H groups in total. The van der Waals surface area contributed by atoms with Crippen LogP contribution in [-0.4, -0.2) is 27.8 Å². The number of hydrogen-bond donors (Lipinski definition) is 0. The van der Waals surface area contributed by atoms with E-state index < -0.39 is 0 Å². The third-order valence-electron chi connectivity index (χ3n) is 4.92. The number of fused-ring (bicyclic) bond motifs is 1. The van der Waals surface area contributed by atoms with Gasteiger partial charge < -0.3 is 4.90 Å². The molecule has 0 aliphatic heterocycles. The summed E-state index contributed by atoms with van der Waals surface area (Å²) in [5.74, 6) is -0.0213. The van der Waals surface area contributed by atoms with Crippen LogP contribution in [0, 0.1) is 6.92 Å². The molecule has 0 aliphatic carbocycles. The first-order valence-electron chi connectivity index (χ1n) is 9.23. The third kappa shape index (κ3) is 3.49. The Bertz CT molecular complexity index is 1140. The number of carbonyl (C=O) groups is 1. The van der Waals surface area contributed by atoms with Crippen LogP contribution in [0.2, 0.25) is 0 Å². The predicted molar refractivity (Wildman–Crippen MR) is 112 cm³/mol. The molecule has 4 heteroatoms. The van der Waals surface area contributed by atoms with Gasteiger partial charge in [0.2, 0.25) is 0 Å². The molecule has 2 aromatic carbocycles. The lowest BCUT2D eigenvalue weighted by molar-refractivity contribution is 0.0787. The number of aryl methyl sites for hydroxylation is 1. The van der Waals surface area contributed by atoms with Crippen molar-refractivity contribution in [3.63, 3.8) is 0 Å². The number of carbonyl (C=O) groups excluding carboxylic acids is 1. The molecule has 0 radical (unpaired) electrons. The smallest absolute Gasteiger partial charge is 0.254 e. The Labute approximate surface area is 164 Å². The van der Waals surface area contributed by atoms with Crippen LogP contribution in [0.15, 0.2) is 79.1 Å². The SMILES string of the molecule is Cc1ccccc1CN(C)C(=O)c1cc(-c2cccnc2)nc2ccccc12. The van der Waals surface area contributed by atoms with Gasteiger partial charge in [0.25, 0.3) is 5.91 Å². The Balaban J connectivity index is 1.76. The van der Waals surface area contributed by atoms with Gasteiger partial charge in [0, 0.05) is 36.9 Å². The second kappa shape index (κ2) is 7.61. The van der Waals surface area contributed by atoms with Crippen molar-refractivity contribution in [2.24, 2.45) is 0 Å². The minimum absolute atomic E-state index is 0.0213. The van der Waals surface area contributed by atoms with Crippen molar-refractivity contribution in [3.8, 4) is 11.3 Å². The topological polar surface area (TPSA) is 46.1 Å². The fourth-order valence-electron chi connectivity index (χ4n) is 3.33. The highest BCUT2D eigenvalue weighted by atomic mass is 16.2. The molecule has 4 nitrogen and oxygen atoms in total. The second-order valence-electron chi connectivity index (χ2n) is 6.90. The number of benzene rings is 2. The Kier molecular flexibility index (Phi) is 4.85. The Hall–Kier alpha value is -3.53. The van der Waals surface area contributed by atoms with Gasteiger partial charge in [0.15, 0.2) is 0 Å². The van der Waals surface area contributed by atoms with Gasteiger partial charge in [-0.05, 0) is 42.3 Å². The number of amides is 1. The van der Waals surface area contributed by atoms with Gasteiger partial charge in [0.05, 0.1) is 16.8 Å². The average Bonchev–Trinajstić information content (AvgIpc) is 2.74. The molecule has 0 unspecified atom stereocenters. The van der Waals surface area contributed by atoms with Crippen molar-refractivity contribution in [2.75, 3.05) is 7.05 Å². The van der Waals surface area contributed by atoms with E-state index in [4.69, 9.17) is 4.98 Å². The number of nitrogens with zero attached hydrogens (tertiary/aromatic N) is 3. The lowest BCUT2D eigenvalue weighted by Gasteiger charge is -2.20. The van der Waals surface area contributed by atoms with Gasteiger partial charge in [-0.15, -0.1) is 0 Å². The van der Waals surface area contributed by atoms with E-state index in [1.807, 2.05) is 61.6 Å². The van der Waals surface area contributed by atoms with E-state index in [-0.39, 0.29) is 5.91 Å². The molecule has 0 spiro atoms. The Morgan fingerprint density at radius 1 is 1.00 bits per heavy atom. The van der Waals surface area contributed by atoms with Crippen molar-refractivity contribution in [3.05, 3.63) is 95.8 Å². The lowest BCUT2D eigenvalue weighted by atomic mass is 10.0. The van der Waals surface area contributed by atoms with Gasteiger partial charge in [-0.3, -0.25) is 9.78 Å². The summed E-state index contributed by atoms with van der Waals surface area (Å²) in [6.07, 6.45) is 3.50. The van der Waals surface area contributed by atoms with Crippen molar-refractivity contribution in [2.45, 2.75) is 13.5 Å². The summed E-state index contributed by atoms with van der Waals surface area (Å²) in [5, 5.41) is 0.858. The minimum atomic E-state index is -0.0213. The van der Waals surface area contributed by atoms with Crippen LogP contribution in [0.3, 0.4) is 0 Å². The molecular formula is C24H21N3O. The first kappa shape index (κ1) is 17.9. The van der Waals surface area contributed by atoms with E-state index in [0.717, 1.165) is 27.7 Å². The van der Waals surface area contributed by atoms with E-state index in [1.165, 1.54) is 5.56 Å². The number of aromatic nitrogens is 2. The number of hydrogen-bond acceptors (Lipinski definition) is 3. The molecule has 0 aliphatic rings. The van der Waals surface area contributed by atoms with E-state index >= 15 is 0 Å². The van der Waals surface area contributed by atoms with E-state index in [2.05, 4.69) is 24.0 Å². The first-order chi connectivity index (χ1) is 13.6. The van der Waals surface area contributed by atoms with Crippen molar-refractivity contribution < 1.29 is 4.79 Å². The summed E-state index contributed by atoms with van der Waals surface area (Å²) < 4.78 is 0. The molecule has 28 heavy (non-hydrogen) atoms. The van der Waals surface area contributed by atoms with Gasteiger partial charge in [-0.1, -0.05) is 42.5 Å². The summed E-state index contributed by atoms with van der Waals surface area (Å²) in [5.41, 5.74) is 5.42. The summed E-state index contributed by atoms with van der Waals surface area (Å²) in [7, 11) is 1.84. The lowest BCUT2D eigenvalue weighted by Crippen LogP contribution is -2.27. The first-order valence-corrected chi connectivity index (χ1v) is 9.23. The zero-order valence-electron chi connectivity index (χ0n) is 16.0. The molecule has 4 aromatic rings. The molecule has 0 bridgehead atoms. The van der Waals surface area contributed by atoms with Crippen LogP contribution < -0.4 is 0 Å². The van der Waals surface area contributed by atoms with Crippen molar-refractivity contribution in [1.82, 2.24) is 14.9 Å². The Morgan fingerprint density at radius 2 is 1.79 bits per heavy atom. The average molecular weight is 367 g/mol. The van der Waals surface area contributed by atoms with Crippen molar-refractivity contribution >= 4 is 16.8 Å². The summed E-state index contributed by atoms with van der Waals surface area (Å²) in [4.78, 5) is 24.0. The largest absolute Gasteiger partial charge is 0.337 e. The number of para-hydroxylation sites is 1. The number of pyridine rings is 2. The summed E-state index contributed by atoms with van der Waals surface area (Å²) in [6, 6.07) is 21.6. The van der Waals surface area contributed by atoms with Crippen molar-refractivity contribution in [1.29, 1.82) is 0 Å².